The molecule has 0 saturated carbocycles. The largest absolute Gasteiger partial charge is 0.384 e. The number of anilines is 1. The van der Waals surface area contributed by atoms with Gasteiger partial charge in [-0.3, -0.25) is 10.1 Å². The van der Waals surface area contributed by atoms with Gasteiger partial charge in [-0.25, -0.2) is 8.42 Å². The number of nitrogen functional groups attached to an aromatic ring is 1. The fourth-order valence-corrected chi connectivity index (χ4v) is 1.72. The first kappa shape index (κ1) is 11.5. The fraction of sp³-hybridized carbons (Fsp3) is 0.222. The van der Waals surface area contributed by atoms with Crippen molar-refractivity contribution in [2.24, 2.45) is 5.73 Å². The maximum absolute atomic E-state index is 11.0. The van der Waals surface area contributed by atoms with Gasteiger partial charge in [0.05, 0.1) is 11.9 Å². The van der Waals surface area contributed by atoms with Crippen molar-refractivity contribution in [3.8, 4) is 0 Å². The highest BCUT2D eigenvalue weighted by molar-refractivity contribution is 7.92. The first-order chi connectivity index (χ1) is 6.79. The standard InChI is InChI=1S/C9H13N3O2S/c1-6-3-4-7(9(10)11)5-8(6)12-15(2,13)14/h3-5,12H,1-2H3,(H3,10,11). The first-order valence-electron chi connectivity index (χ1n) is 4.22. The van der Waals surface area contributed by atoms with E-state index in [0.717, 1.165) is 11.8 Å². The Morgan fingerprint density at radius 1 is 1.47 bits per heavy atom. The van der Waals surface area contributed by atoms with Gasteiger partial charge in [0, 0.05) is 5.56 Å². The Hall–Kier alpha value is -1.56. The average Bonchev–Trinajstić information content (AvgIpc) is 2.06. The van der Waals surface area contributed by atoms with Crippen LogP contribution in [0.1, 0.15) is 11.1 Å². The van der Waals surface area contributed by atoms with Crippen LogP contribution in [0.15, 0.2) is 18.2 Å². The molecule has 1 rings (SSSR count). The summed E-state index contributed by atoms with van der Waals surface area (Å²) in [5.74, 6) is -0.0912. The van der Waals surface area contributed by atoms with Gasteiger partial charge < -0.3 is 5.73 Å². The average molecular weight is 227 g/mol. The summed E-state index contributed by atoms with van der Waals surface area (Å²) in [7, 11) is -3.30. The highest BCUT2D eigenvalue weighted by Crippen LogP contribution is 2.17. The summed E-state index contributed by atoms with van der Waals surface area (Å²) in [6, 6.07) is 4.92. The lowest BCUT2D eigenvalue weighted by Crippen LogP contribution is -2.14. The van der Waals surface area contributed by atoms with Crippen molar-refractivity contribution < 1.29 is 8.42 Å². The van der Waals surface area contributed by atoms with Gasteiger partial charge >= 0.3 is 0 Å². The lowest BCUT2D eigenvalue weighted by Gasteiger charge is -2.09. The van der Waals surface area contributed by atoms with Crippen LogP contribution in [0, 0.1) is 12.3 Å². The quantitative estimate of drug-likeness (QED) is 0.522. The molecular weight excluding hydrogens is 214 g/mol. The van der Waals surface area contributed by atoms with E-state index in [1.165, 1.54) is 0 Å². The van der Waals surface area contributed by atoms with Gasteiger partial charge in [-0.15, -0.1) is 0 Å². The van der Waals surface area contributed by atoms with Crippen LogP contribution in [0.3, 0.4) is 0 Å². The molecule has 5 nitrogen and oxygen atoms in total. The number of nitrogens with two attached hydrogens (primary N) is 1. The third-order valence-corrected chi connectivity index (χ3v) is 2.43. The van der Waals surface area contributed by atoms with Crippen molar-refractivity contribution >= 4 is 21.5 Å². The zero-order valence-corrected chi connectivity index (χ0v) is 9.35. The molecule has 0 bridgehead atoms. The molecule has 4 N–H and O–H groups in total. The van der Waals surface area contributed by atoms with Crippen molar-refractivity contribution in [2.45, 2.75) is 6.92 Å². The summed E-state index contributed by atoms with van der Waals surface area (Å²) in [5, 5.41) is 7.23. The van der Waals surface area contributed by atoms with Crippen molar-refractivity contribution in [1.82, 2.24) is 0 Å². The monoisotopic (exact) mass is 227 g/mol. The lowest BCUT2D eigenvalue weighted by molar-refractivity contribution is 0.607. The summed E-state index contributed by atoms with van der Waals surface area (Å²) >= 11 is 0. The molecule has 0 radical (unpaired) electrons. The van der Waals surface area contributed by atoms with Crippen LogP contribution in [0.25, 0.3) is 0 Å². The number of amidine groups is 1. The van der Waals surface area contributed by atoms with Crippen LogP contribution in [0.5, 0.6) is 0 Å². The van der Waals surface area contributed by atoms with E-state index in [4.69, 9.17) is 11.1 Å². The summed E-state index contributed by atoms with van der Waals surface area (Å²) in [5.41, 5.74) is 7.03. The van der Waals surface area contributed by atoms with Gasteiger partial charge in [0.1, 0.15) is 5.84 Å². The molecule has 6 heteroatoms. The zero-order chi connectivity index (χ0) is 11.6. The molecule has 82 valence electrons. The van der Waals surface area contributed by atoms with Crippen LogP contribution >= 0.6 is 0 Å². The molecule has 15 heavy (non-hydrogen) atoms. The Labute approximate surface area is 88.9 Å². The SMILES string of the molecule is Cc1ccc(C(=N)N)cc1NS(C)(=O)=O. The summed E-state index contributed by atoms with van der Waals surface area (Å²) in [4.78, 5) is 0. The minimum atomic E-state index is -3.30. The van der Waals surface area contributed by atoms with Gasteiger partial charge in [-0.1, -0.05) is 12.1 Å². The summed E-state index contributed by atoms with van der Waals surface area (Å²) < 4.78 is 24.4. The van der Waals surface area contributed by atoms with E-state index < -0.39 is 10.0 Å². The molecule has 0 spiro atoms. The van der Waals surface area contributed by atoms with E-state index in [-0.39, 0.29) is 5.84 Å². The topological polar surface area (TPSA) is 96.0 Å². The molecule has 0 aliphatic rings. The number of hydrogen-bond acceptors (Lipinski definition) is 3. The van der Waals surface area contributed by atoms with E-state index >= 15 is 0 Å². The molecule has 0 aromatic heterocycles. The second kappa shape index (κ2) is 3.90. The molecular formula is C9H13N3O2S. The van der Waals surface area contributed by atoms with Gasteiger partial charge in [-0.05, 0) is 18.6 Å². The Morgan fingerprint density at radius 2 is 2.07 bits per heavy atom. The summed E-state index contributed by atoms with van der Waals surface area (Å²) in [6.07, 6.45) is 1.08. The predicted octanol–water partition coefficient (Wildman–Crippen LogP) is 0.651. The fourth-order valence-electron chi connectivity index (χ4n) is 1.10. The number of nitrogens with one attached hydrogen (secondary N) is 2. The number of rotatable bonds is 3. The van der Waals surface area contributed by atoms with Gasteiger partial charge in [-0.2, -0.15) is 0 Å². The van der Waals surface area contributed by atoms with Gasteiger partial charge in [0.15, 0.2) is 0 Å². The Morgan fingerprint density at radius 3 is 2.53 bits per heavy atom. The van der Waals surface area contributed by atoms with Crippen LogP contribution in [-0.4, -0.2) is 20.5 Å². The van der Waals surface area contributed by atoms with Gasteiger partial charge in [0.2, 0.25) is 10.0 Å². The molecule has 0 saturated heterocycles. The Balaban J connectivity index is 3.17. The molecule has 0 heterocycles. The van der Waals surface area contributed by atoms with Crippen molar-refractivity contribution in [3.63, 3.8) is 0 Å². The van der Waals surface area contributed by atoms with Crippen LogP contribution in [0.4, 0.5) is 5.69 Å². The molecule has 1 aromatic rings. The van der Waals surface area contributed by atoms with Crippen molar-refractivity contribution in [2.75, 3.05) is 11.0 Å². The number of benzene rings is 1. The molecule has 0 aliphatic heterocycles. The van der Waals surface area contributed by atoms with Crippen molar-refractivity contribution in [1.29, 1.82) is 5.41 Å². The highest BCUT2D eigenvalue weighted by Gasteiger charge is 2.06. The van der Waals surface area contributed by atoms with Gasteiger partial charge in [0.25, 0.3) is 0 Å². The maximum Gasteiger partial charge on any atom is 0.229 e. The molecule has 0 aliphatic carbocycles. The third kappa shape index (κ3) is 3.25. The molecule has 0 fully saturated rings. The Bertz CT molecular complexity index is 494. The van der Waals surface area contributed by atoms with E-state index in [9.17, 15) is 8.42 Å². The minimum absolute atomic E-state index is 0.0912. The van der Waals surface area contributed by atoms with Crippen molar-refractivity contribution in [3.05, 3.63) is 29.3 Å². The van der Waals surface area contributed by atoms with E-state index in [0.29, 0.717) is 11.3 Å². The first-order valence-corrected chi connectivity index (χ1v) is 6.11. The lowest BCUT2D eigenvalue weighted by atomic mass is 10.1. The van der Waals surface area contributed by atoms with E-state index in [1.54, 1.807) is 25.1 Å². The zero-order valence-electron chi connectivity index (χ0n) is 8.53. The van der Waals surface area contributed by atoms with Crippen LogP contribution in [-0.2, 0) is 10.0 Å². The second-order valence-electron chi connectivity index (χ2n) is 3.32. The molecule has 0 unspecified atom stereocenters. The smallest absolute Gasteiger partial charge is 0.229 e. The van der Waals surface area contributed by atoms with E-state index in [2.05, 4.69) is 4.72 Å². The molecule has 0 amide bonds. The van der Waals surface area contributed by atoms with Crippen LogP contribution < -0.4 is 10.5 Å². The highest BCUT2D eigenvalue weighted by atomic mass is 32.2. The Kier molecular flexibility index (Phi) is 2.99. The number of hydrogen-bond donors (Lipinski definition) is 3. The number of aryl methyl sites for hydroxylation is 1. The predicted molar refractivity (Wildman–Crippen MR) is 60.7 cm³/mol. The second-order valence-corrected chi connectivity index (χ2v) is 5.07. The molecule has 1 aromatic carbocycles. The normalized spacial score (nSPS) is 11.1. The maximum atomic E-state index is 11.0. The van der Waals surface area contributed by atoms with Crippen LogP contribution in [0.2, 0.25) is 0 Å². The third-order valence-electron chi connectivity index (χ3n) is 1.84. The minimum Gasteiger partial charge on any atom is -0.384 e. The molecule has 0 atom stereocenters. The summed E-state index contributed by atoms with van der Waals surface area (Å²) in [6.45, 7) is 1.78. The number of sulfonamides is 1. The van der Waals surface area contributed by atoms with E-state index in [1.807, 2.05) is 0 Å².